The van der Waals surface area contributed by atoms with Crippen LogP contribution in [0.1, 0.15) is 35.0 Å². The Morgan fingerprint density at radius 2 is 2.05 bits per heavy atom. The first-order chi connectivity index (χ1) is 9.61. The van der Waals surface area contributed by atoms with E-state index in [1.807, 2.05) is 26.0 Å². The second kappa shape index (κ2) is 6.23. The molecule has 1 amide bonds. The molecule has 0 unspecified atom stereocenters. The third-order valence-electron chi connectivity index (χ3n) is 3.16. The Hall–Kier alpha value is -2.30. The zero-order valence-corrected chi connectivity index (χ0v) is 11.9. The molecule has 2 rings (SSSR count). The average molecular weight is 272 g/mol. The highest BCUT2D eigenvalue weighted by Gasteiger charge is 2.19. The molecular weight excluding hydrogens is 252 g/mol. The maximum Gasteiger partial charge on any atom is 0.274 e. The maximum absolute atomic E-state index is 12.5. The van der Waals surface area contributed by atoms with E-state index in [0.717, 1.165) is 12.0 Å². The van der Waals surface area contributed by atoms with Crippen molar-refractivity contribution in [1.82, 2.24) is 15.1 Å². The number of carbonyl (C=O) groups is 1. The molecule has 0 saturated heterocycles. The van der Waals surface area contributed by atoms with E-state index >= 15 is 0 Å². The topological polar surface area (TPSA) is 75.0 Å². The van der Waals surface area contributed by atoms with Crippen LogP contribution in [-0.4, -0.2) is 27.5 Å². The van der Waals surface area contributed by atoms with Crippen LogP contribution in [0.25, 0.3) is 0 Å². The number of aromatic amines is 1. The van der Waals surface area contributed by atoms with Gasteiger partial charge in [0.15, 0.2) is 0 Å². The van der Waals surface area contributed by atoms with Crippen molar-refractivity contribution >= 4 is 11.6 Å². The largest absolute Gasteiger partial charge is 0.396 e. The van der Waals surface area contributed by atoms with Crippen LogP contribution in [-0.2, 0) is 6.54 Å². The molecule has 5 heteroatoms. The third kappa shape index (κ3) is 3.17. The van der Waals surface area contributed by atoms with Crippen LogP contribution >= 0.6 is 0 Å². The van der Waals surface area contributed by atoms with Gasteiger partial charge < -0.3 is 10.6 Å². The number of nitrogen functional groups attached to an aromatic ring is 1. The first kappa shape index (κ1) is 14.1. The molecule has 0 aliphatic carbocycles. The minimum atomic E-state index is -0.109. The van der Waals surface area contributed by atoms with Crippen molar-refractivity contribution in [3.8, 4) is 0 Å². The number of nitrogens with one attached hydrogen (secondary N) is 1. The van der Waals surface area contributed by atoms with E-state index in [-0.39, 0.29) is 5.91 Å². The number of hydrogen-bond donors (Lipinski definition) is 2. The molecule has 1 aromatic heterocycles. The van der Waals surface area contributed by atoms with Gasteiger partial charge in [0.25, 0.3) is 5.91 Å². The summed E-state index contributed by atoms with van der Waals surface area (Å²) in [4.78, 5) is 14.2. The Bertz CT molecular complexity index is 574. The summed E-state index contributed by atoms with van der Waals surface area (Å²) >= 11 is 0. The van der Waals surface area contributed by atoms with Crippen LogP contribution in [0.3, 0.4) is 0 Å². The minimum Gasteiger partial charge on any atom is -0.396 e. The summed E-state index contributed by atoms with van der Waals surface area (Å²) in [5, 5.41) is 6.48. The lowest BCUT2D eigenvalue weighted by Gasteiger charge is -2.22. The van der Waals surface area contributed by atoms with Crippen LogP contribution < -0.4 is 5.73 Å². The quantitative estimate of drug-likeness (QED) is 0.877. The Labute approximate surface area is 118 Å². The number of carbonyl (C=O) groups excluding carboxylic acids is 1. The number of H-pyrrole nitrogens is 1. The molecule has 20 heavy (non-hydrogen) atoms. The lowest BCUT2D eigenvalue weighted by atomic mass is 10.1. The normalized spacial score (nSPS) is 10.5. The number of nitrogens with two attached hydrogens (primary N) is 1. The Morgan fingerprint density at radius 3 is 2.60 bits per heavy atom. The standard InChI is InChI=1S/C15H20N4O/c1-3-8-19(10-12-6-4-11(2)5-7-12)15(20)14-13(16)9-17-18-14/h4-7,9H,3,8,10,16H2,1-2H3,(H,17,18). The summed E-state index contributed by atoms with van der Waals surface area (Å²) in [7, 11) is 0. The molecule has 3 N–H and O–H groups in total. The smallest absolute Gasteiger partial charge is 0.274 e. The summed E-state index contributed by atoms with van der Waals surface area (Å²) in [5.74, 6) is -0.109. The second-order valence-electron chi connectivity index (χ2n) is 4.91. The van der Waals surface area contributed by atoms with E-state index in [0.29, 0.717) is 24.5 Å². The number of hydrogen-bond acceptors (Lipinski definition) is 3. The van der Waals surface area contributed by atoms with Gasteiger partial charge in [0, 0.05) is 13.1 Å². The highest BCUT2D eigenvalue weighted by Crippen LogP contribution is 2.14. The molecule has 106 valence electrons. The van der Waals surface area contributed by atoms with Gasteiger partial charge in [-0.1, -0.05) is 36.8 Å². The summed E-state index contributed by atoms with van der Waals surface area (Å²) < 4.78 is 0. The van der Waals surface area contributed by atoms with Gasteiger partial charge >= 0.3 is 0 Å². The van der Waals surface area contributed by atoms with E-state index < -0.39 is 0 Å². The van der Waals surface area contributed by atoms with E-state index in [1.165, 1.54) is 11.8 Å². The van der Waals surface area contributed by atoms with Crippen molar-refractivity contribution in [2.75, 3.05) is 12.3 Å². The van der Waals surface area contributed by atoms with Crippen molar-refractivity contribution in [1.29, 1.82) is 0 Å². The van der Waals surface area contributed by atoms with Gasteiger partial charge in [-0.2, -0.15) is 5.10 Å². The SMILES string of the molecule is CCCN(Cc1ccc(C)cc1)C(=O)c1[nH]ncc1N. The molecule has 2 aromatic rings. The van der Waals surface area contributed by atoms with E-state index in [9.17, 15) is 4.79 Å². The van der Waals surface area contributed by atoms with Crippen LogP contribution in [0.15, 0.2) is 30.5 Å². The molecule has 0 radical (unpaired) electrons. The lowest BCUT2D eigenvalue weighted by molar-refractivity contribution is 0.0738. The number of aryl methyl sites for hydroxylation is 1. The van der Waals surface area contributed by atoms with Crippen molar-refractivity contribution < 1.29 is 4.79 Å². The molecule has 0 aliphatic rings. The first-order valence-corrected chi connectivity index (χ1v) is 6.75. The second-order valence-corrected chi connectivity index (χ2v) is 4.91. The third-order valence-corrected chi connectivity index (χ3v) is 3.16. The molecule has 0 saturated carbocycles. The zero-order valence-electron chi connectivity index (χ0n) is 11.9. The molecule has 5 nitrogen and oxygen atoms in total. The maximum atomic E-state index is 12.5. The fraction of sp³-hybridized carbons (Fsp3) is 0.333. The minimum absolute atomic E-state index is 0.109. The van der Waals surface area contributed by atoms with Crippen LogP contribution in [0.5, 0.6) is 0 Å². The van der Waals surface area contributed by atoms with E-state index in [1.54, 1.807) is 4.90 Å². The summed E-state index contributed by atoms with van der Waals surface area (Å²) in [6, 6.07) is 8.19. The van der Waals surface area contributed by atoms with Crippen LogP contribution in [0.2, 0.25) is 0 Å². The Balaban J connectivity index is 2.16. The highest BCUT2D eigenvalue weighted by molar-refractivity contribution is 5.96. The van der Waals surface area contributed by atoms with Gasteiger partial charge in [0.1, 0.15) is 5.69 Å². The molecule has 0 spiro atoms. The Morgan fingerprint density at radius 1 is 1.35 bits per heavy atom. The van der Waals surface area contributed by atoms with Gasteiger partial charge in [-0.05, 0) is 18.9 Å². The number of benzene rings is 1. The van der Waals surface area contributed by atoms with Gasteiger partial charge in [-0.3, -0.25) is 9.89 Å². The molecule has 1 heterocycles. The summed E-state index contributed by atoms with van der Waals surface area (Å²) in [5.41, 5.74) is 8.82. The van der Waals surface area contributed by atoms with E-state index in [4.69, 9.17) is 5.73 Å². The number of amides is 1. The number of aromatic nitrogens is 2. The van der Waals surface area contributed by atoms with Crippen molar-refractivity contribution in [2.24, 2.45) is 0 Å². The van der Waals surface area contributed by atoms with Gasteiger partial charge in [0.05, 0.1) is 11.9 Å². The molecule has 0 aliphatic heterocycles. The van der Waals surface area contributed by atoms with Crippen molar-refractivity contribution in [2.45, 2.75) is 26.8 Å². The molecule has 0 bridgehead atoms. The number of nitrogens with zero attached hydrogens (tertiary/aromatic N) is 2. The fourth-order valence-corrected chi connectivity index (χ4v) is 2.06. The molecular formula is C15H20N4O. The molecule has 0 fully saturated rings. The highest BCUT2D eigenvalue weighted by atomic mass is 16.2. The van der Waals surface area contributed by atoms with Gasteiger partial charge in [0.2, 0.25) is 0 Å². The fourth-order valence-electron chi connectivity index (χ4n) is 2.06. The number of rotatable bonds is 5. The van der Waals surface area contributed by atoms with Crippen LogP contribution in [0.4, 0.5) is 5.69 Å². The van der Waals surface area contributed by atoms with Crippen molar-refractivity contribution in [3.05, 3.63) is 47.3 Å². The summed E-state index contributed by atoms with van der Waals surface area (Å²) in [6.45, 7) is 5.35. The Kier molecular flexibility index (Phi) is 4.40. The lowest BCUT2D eigenvalue weighted by Crippen LogP contribution is -2.32. The van der Waals surface area contributed by atoms with Gasteiger partial charge in [-0.15, -0.1) is 0 Å². The predicted octanol–water partition coefficient (Wildman–Crippen LogP) is 2.35. The number of anilines is 1. The monoisotopic (exact) mass is 272 g/mol. The zero-order chi connectivity index (χ0) is 14.5. The van der Waals surface area contributed by atoms with E-state index in [2.05, 4.69) is 22.3 Å². The predicted molar refractivity (Wildman–Crippen MR) is 79.2 cm³/mol. The molecule has 1 aromatic carbocycles. The average Bonchev–Trinajstić information content (AvgIpc) is 2.86. The summed E-state index contributed by atoms with van der Waals surface area (Å²) in [6.07, 6.45) is 2.36. The van der Waals surface area contributed by atoms with Crippen molar-refractivity contribution in [3.63, 3.8) is 0 Å². The molecule has 0 atom stereocenters. The van der Waals surface area contributed by atoms with Gasteiger partial charge in [-0.25, -0.2) is 0 Å². The first-order valence-electron chi connectivity index (χ1n) is 6.75. The van der Waals surface area contributed by atoms with Crippen LogP contribution in [0, 0.1) is 6.92 Å².